The number of nitrogens with one attached hydrogen (secondary N) is 2. The highest BCUT2D eigenvalue weighted by molar-refractivity contribution is 7.89. The van der Waals surface area contributed by atoms with Crippen molar-refractivity contribution in [2.24, 2.45) is 5.92 Å². The Balaban J connectivity index is 1.96. The first-order valence-corrected chi connectivity index (χ1v) is 9.68. The SMILES string of the molecule is Cc1c(CS(C)(=O)=O)cccc1NC(=O)CCC1CCNC1. The van der Waals surface area contributed by atoms with Crippen LogP contribution in [0.5, 0.6) is 0 Å². The molecule has 1 atom stereocenters. The summed E-state index contributed by atoms with van der Waals surface area (Å²) in [5.41, 5.74) is 2.26. The summed E-state index contributed by atoms with van der Waals surface area (Å²) >= 11 is 0. The smallest absolute Gasteiger partial charge is 0.224 e. The molecular formula is C16H24N2O3S. The van der Waals surface area contributed by atoms with Crippen molar-refractivity contribution in [2.75, 3.05) is 24.7 Å². The van der Waals surface area contributed by atoms with Crippen molar-refractivity contribution in [1.29, 1.82) is 0 Å². The highest BCUT2D eigenvalue weighted by Crippen LogP contribution is 2.22. The lowest BCUT2D eigenvalue weighted by atomic mass is 10.0. The van der Waals surface area contributed by atoms with Crippen LogP contribution in [0.4, 0.5) is 5.69 Å². The summed E-state index contributed by atoms with van der Waals surface area (Å²) in [7, 11) is -3.09. The third kappa shape index (κ3) is 5.10. The van der Waals surface area contributed by atoms with E-state index in [4.69, 9.17) is 0 Å². The van der Waals surface area contributed by atoms with Gasteiger partial charge in [-0.25, -0.2) is 8.42 Å². The van der Waals surface area contributed by atoms with Gasteiger partial charge in [0.1, 0.15) is 0 Å². The van der Waals surface area contributed by atoms with Gasteiger partial charge >= 0.3 is 0 Å². The van der Waals surface area contributed by atoms with Crippen LogP contribution in [0.3, 0.4) is 0 Å². The Labute approximate surface area is 132 Å². The molecule has 1 aromatic carbocycles. The molecule has 2 N–H and O–H groups in total. The van der Waals surface area contributed by atoms with Crippen LogP contribution in [0, 0.1) is 12.8 Å². The number of carbonyl (C=O) groups is 1. The summed E-state index contributed by atoms with van der Waals surface area (Å²) in [4.78, 5) is 12.1. The quantitative estimate of drug-likeness (QED) is 0.837. The fourth-order valence-corrected chi connectivity index (χ4v) is 3.64. The summed E-state index contributed by atoms with van der Waals surface area (Å²) in [5, 5.41) is 6.20. The molecule has 1 saturated heterocycles. The minimum atomic E-state index is -3.09. The molecule has 1 unspecified atom stereocenters. The molecule has 0 aliphatic carbocycles. The van der Waals surface area contributed by atoms with E-state index in [0.29, 0.717) is 18.0 Å². The summed E-state index contributed by atoms with van der Waals surface area (Å²) in [6.45, 7) is 3.88. The first-order chi connectivity index (χ1) is 10.3. The molecule has 1 amide bonds. The van der Waals surface area contributed by atoms with Gasteiger partial charge in [-0.1, -0.05) is 12.1 Å². The van der Waals surface area contributed by atoms with Gasteiger partial charge in [-0.2, -0.15) is 0 Å². The standard InChI is InChI=1S/C16H24N2O3S/c1-12-14(11-22(2,20)21)4-3-5-15(12)18-16(19)7-6-13-8-9-17-10-13/h3-5,13,17H,6-11H2,1-2H3,(H,18,19). The van der Waals surface area contributed by atoms with Crippen LogP contribution in [0.25, 0.3) is 0 Å². The van der Waals surface area contributed by atoms with Crippen LogP contribution in [-0.2, 0) is 20.4 Å². The second-order valence-electron chi connectivity index (χ2n) is 6.11. The second kappa shape index (κ2) is 7.24. The topological polar surface area (TPSA) is 75.3 Å². The van der Waals surface area contributed by atoms with Crippen molar-refractivity contribution in [3.63, 3.8) is 0 Å². The van der Waals surface area contributed by atoms with Gasteiger partial charge in [0, 0.05) is 18.4 Å². The third-order valence-electron chi connectivity index (χ3n) is 4.08. The van der Waals surface area contributed by atoms with Crippen molar-refractivity contribution >= 4 is 21.4 Å². The van der Waals surface area contributed by atoms with Crippen molar-refractivity contribution in [2.45, 2.75) is 31.9 Å². The number of sulfone groups is 1. The van der Waals surface area contributed by atoms with E-state index in [2.05, 4.69) is 10.6 Å². The van der Waals surface area contributed by atoms with Gasteiger partial charge in [0.05, 0.1) is 5.75 Å². The van der Waals surface area contributed by atoms with E-state index >= 15 is 0 Å². The zero-order valence-electron chi connectivity index (χ0n) is 13.2. The Kier molecular flexibility index (Phi) is 5.58. The molecule has 6 heteroatoms. The largest absolute Gasteiger partial charge is 0.326 e. The predicted molar refractivity (Wildman–Crippen MR) is 88.6 cm³/mol. The fraction of sp³-hybridized carbons (Fsp3) is 0.562. The van der Waals surface area contributed by atoms with Crippen molar-refractivity contribution in [1.82, 2.24) is 5.32 Å². The van der Waals surface area contributed by atoms with Gasteiger partial charge in [-0.3, -0.25) is 4.79 Å². The highest BCUT2D eigenvalue weighted by atomic mass is 32.2. The number of amides is 1. The van der Waals surface area contributed by atoms with Gasteiger partial charge in [0.2, 0.25) is 5.91 Å². The first-order valence-electron chi connectivity index (χ1n) is 7.62. The highest BCUT2D eigenvalue weighted by Gasteiger charge is 2.16. The van der Waals surface area contributed by atoms with Gasteiger partial charge in [-0.15, -0.1) is 0 Å². The molecule has 1 aromatic rings. The molecule has 0 saturated carbocycles. The normalized spacial score (nSPS) is 18.4. The van der Waals surface area contributed by atoms with E-state index in [0.717, 1.165) is 37.1 Å². The van der Waals surface area contributed by atoms with Crippen LogP contribution in [0.1, 0.15) is 30.4 Å². The van der Waals surface area contributed by atoms with Crippen LogP contribution in [-0.4, -0.2) is 33.7 Å². The average Bonchev–Trinajstić information content (AvgIpc) is 2.93. The zero-order chi connectivity index (χ0) is 16.2. The predicted octanol–water partition coefficient (Wildman–Crippen LogP) is 1.87. The molecule has 122 valence electrons. The minimum absolute atomic E-state index is 0.00368. The molecule has 1 aliphatic rings. The molecule has 1 aliphatic heterocycles. The average molecular weight is 324 g/mol. The van der Waals surface area contributed by atoms with Crippen molar-refractivity contribution < 1.29 is 13.2 Å². The monoisotopic (exact) mass is 324 g/mol. The number of anilines is 1. The van der Waals surface area contributed by atoms with E-state index in [1.165, 1.54) is 6.26 Å². The lowest BCUT2D eigenvalue weighted by molar-refractivity contribution is -0.116. The zero-order valence-corrected chi connectivity index (χ0v) is 14.0. The lowest BCUT2D eigenvalue weighted by Gasteiger charge is -2.13. The molecule has 0 spiro atoms. The Morgan fingerprint density at radius 2 is 2.18 bits per heavy atom. The molecule has 2 rings (SSSR count). The van der Waals surface area contributed by atoms with Gasteiger partial charge in [0.15, 0.2) is 9.84 Å². The summed E-state index contributed by atoms with van der Waals surface area (Å²) < 4.78 is 22.9. The fourth-order valence-electron chi connectivity index (χ4n) is 2.77. The van der Waals surface area contributed by atoms with Crippen LogP contribution in [0.15, 0.2) is 18.2 Å². The second-order valence-corrected chi connectivity index (χ2v) is 8.25. The van der Waals surface area contributed by atoms with Crippen LogP contribution < -0.4 is 10.6 Å². The molecule has 1 heterocycles. The lowest BCUT2D eigenvalue weighted by Crippen LogP contribution is -2.16. The van der Waals surface area contributed by atoms with Crippen LogP contribution in [0.2, 0.25) is 0 Å². The summed E-state index contributed by atoms with van der Waals surface area (Å²) in [5.74, 6) is 0.575. The van der Waals surface area contributed by atoms with E-state index in [1.54, 1.807) is 12.1 Å². The van der Waals surface area contributed by atoms with Gasteiger partial charge in [-0.05, 0) is 56.0 Å². The van der Waals surface area contributed by atoms with E-state index in [-0.39, 0.29) is 11.7 Å². The molecule has 22 heavy (non-hydrogen) atoms. The summed E-state index contributed by atoms with van der Waals surface area (Å²) in [6, 6.07) is 5.39. The maximum Gasteiger partial charge on any atom is 0.224 e. The third-order valence-corrected chi connectivity index (χ3v) is 4.92. The molecule has 0 aromatic heterocycles. The Morgan fingerprint density at radius 3 is 2.82 bits per heavy atom. The van der Waals surface area contributed by atoms with Crippen molar-refractivity contribution in [3.05, 3.63) is 29.3 Å². The molecular weight excluding hydrogens is 300 g/mol. The first kappa shape index (κ1) is 17.0. The maximum absolute atomic E-state index is 12.1. The Hall–Kier alpha value is -1.40. The Morgan fingerprint density at radius 1 is 1.41 bits per heavy atom. The molecule has 5 nitrogen and oxygen atoms in total. The minimum Gasteiger partial charge on any atom is -0.326 e. The molecule has 0 bridgehead atoms. The number of carbonyl (C=O) groups excluding carboxylic acids is 1. The van der Waals surface area contributed by atoms with Gasteiger partial charge in [0.25, 0.3) is 0 Å². The van der Waals surface area contributed by atoms with E-state index in [1.807, 2.05) is 13.0 Å². The van der Waals surface area contributed by atoms with E-state index in [9.17, 15) is 13.2 Å². The Bertz CT molecular complexity index is 635. The number of hydrogen-bond acceptors (Lipinski definition) is 4. The molecule has 1 fully saturated rings. The summed E-state index contributed by atoms with van der Waals surface area (Å²) in [6.07, 6.45) is 3.74. The number of hydrogen-bond donors (Lipinski definition) is 2. The van der Waals surface area contributed by atoms with Gasteiger partial charge < -0.3 is 10.6 Å². The maximum atomic E-state index is 12.1. The van der Waals surface area contributed by atoms with E-state index < -0.39 is 9.84 Å². The number of benzene rings is 1. The van der Waals surface area contributed by atoms with Crippen molar-refractivity contribution in [3.8, 4) is 0 Å². The number of rotatable bonds is 6. The molecule has 0 radical (unpaired) electrons. The van der Waals surface area contributed by atoms with Crippen LogP contribution >= 0.6 is 0 Å².